The summed E-state index contributed by atoms with van der Waals surface area (Å²) in [5.74, 6) is -0.145. The van der Waals surface area contributed by atoms with Crippen LogP contribution in [0.3, 0.4) is 0 Å². The Hall–Kier alpha value is -5.10. The molecule has 2 heterocycles. The highest BCUT2D eigenvalue weighted by Crippen LogP contribution is 2.46. The third-order valence-corrected chi connectivity index (χ3v) is 7.39. The largest absolute Gasteiger partial charge is 0.422 e. The predicted molar refractivity (Wildman–Crippen MR) is 157 cm³/mol. The molecule has 0 fully saturated rings. The first-order chi connectivity index (χ1) is 19.3. The number of fused-ring (bicyclic) bond motifs is 2. The van der Waals surface area contributed by atoms with Crippen LogP contribution in [0.4, 0.5) is 0 Å². The number of hydrogen-bond acceptors (Lipinski definition) is 4. The molecule has 2 N–H and O–H groups in total. The summed E-state index contributed by atoms with van der Waals surface area (Å²) in [7, 11) is 0. The standard InChI is InChI=1S/C34H28N2O4/c1-19-17-35-21(3)29(19)33(37)39-27-15-13-23-9-5-7-11-25(23)31(27)32-26-12-8-6-10-24(26)14-16-28(32)40-34(38)30-20(2)18-36-22(30)4/h5-18,35-36H,1-4H3. The van der Waals surface area contributed by atoms with Gasteiger partial charge < -0.3 is 19.4 Å². The number of H-pyrrole nitrogens is 2. The molecule has 0 atom stereocenters. The minimum Gasteiger partial charge on any atom is -0.422 e. The number of rotatable bonds is 5. The van der Waals surface area contributed by atoms with E-state index in [9.17, 15) is 9.59 Å². The van der Waals surface area contributed by atoms with E-state index >= 15 is 0 Å². The Morgan fingerprint density at radius 2 is 0.950 bits per heavy atom. The highest BCUT2D eigenvalue weighted by molar-refractivity contribution is 6.11. The van der Waals surface area contributed by atoms with Crippen LogP contribution >= 0.6 is 0 Å². The van der Waals surface area contributed by atoms with Crippen molar-refractivity contribution in [1.29, 1.82) is 0 Å². The van der Waals surface area contributed by atoms with Gasteiger partial charge >= 0.3 is 11.9 Å². The maximum Gasteiger partial charge on any atom is 0.345 e. The van der Waals surface area contributed by atoms with Gasteiger partial charge in [0.05, 0.1) is 11.1 Å². The molecule has 6 heteroatoms. The van der Waals surface area contributed by atoms with Crippen LogP contribution < -0.4 is 9.47 Å². The highest BCUT2D eigenvalue weighted by atomic mass is 16.5. The lowest BCUT2D eigenvalue weighted by atomic mass is 9.92. The maximum atomic E-state index is 13.5. The van der Waals surface area contributed by atoms with E-state index in [0.29, 0.717) is 33.8 Å². The molecule has 0 saturated heterocycles. The van der Waals surface area contributed by atoms with Crippen LogP contribution in [0, 0.1) is 27.7 Å². The average Bonchev–Trinajstić information content (AvgIpc) is 3.47. The smallest absolute Gasteiger partial charge is 0.345 e. The summed E-state index contributed by atoms with van der Waals surface area (Å²) in [6.45, 7) is 7.43. The van der Waals surface area contributed by atoms with Crippen LogP contribution in [-0.2, 0) is 0 Å². The van der Waals surface area contributed by atoms with Gasteiger partial charge in [-0.25, -0.2) is 9.59 Å². The van der Waals surface area contributed by atoms with Crippen molar-refractivity contribution >= 4 is 33.5 Å². The second-order valence-corrected chi connectivity index (χ2v) is 10.0. The first-order valence-corrected chi connectivity index (χ1v) is 13.1. The number of benzene rings is 4. The second-order valence-electron chi connectivity index (χ2n) is 10.0. The van der Waals surface area contributed by atoms with Crippen molar-refractivity contribution in [3.63, 3.8) is 0 Å². The molecule has 2 aromatic heterocycles. The molecule has 6 aromatic rings. The quantitative estimate of drug-likeness (QED) is 0.175. The Kier molecular flexibility index (Phi) is 6.23. The molecule has 6 nitrogen and oxygen atoms in total. The zero-order valence-corrected chi connectivity index (χ0v) is 22.7. The summed E-state index contributed by atoms with van der Waals surface area (Å²) < 4.78 is 12.3. The van der Waals surface area contributed by atoms with Crippen molar-refractivity contribution in [1.82, 2.24) is 9.97 Å². The highest BCUT2D eigenvalue weighted by Gasteiger charge is 2.25. The molecular weight excluding hydrogens is 500 g/mol. The molecule has 0 aliphatic heterocycles. The number of carbonyl (C=O) groups excluding carboxylic acids is 2. The fourth-order valence-corrected chi connectivity index (χ4v) is 5.43. The van der Waals surface area contributed by atoms with Gasteiger partial charge in [-0.05, 0) is 72.5 Å². The lowest BCUT2D eigenvalue weighted by Crippen LogP contribution is -2.13. The van der Waals surface area contributed by atoms with Gasteiger partial charge in [0.1, 0.15) is 11.5 Å². The van der Waals surface area contributed by atoms with Crippen molar-refractivity contribution in [2.45, 2.75) is 27.7 Å². The minimum atomic E-state index is -0.454. The van der Waals surface area contributed by atoms with E-state index < -0.39 is 11.9 Å². The van der Waals surface area contributed by atoms with Crippen LogP contribution in [0.1, 0.15) is 43.2 Å². The summed E-state index contributed by atoms with van der Waals surface area (Å²) in [5, 5.41) is 3.68. The molecule has 0 aliphatic carbocycles. The average molecular weight is 529 g/mol. The predicted octanol–water partition coefficient (Wildman–Crippen LogP) is 7.99. The molecule has 0 unspecified atom stereocenters. The molecule has 0 aliphatic rings. The maximum absolute atomic E-state index is 13.5. The van der Waals surface area contributed by atoms with Crippen molar-refractivity contribution in [3.8, 4) is 22.6 Å². The van der Waals surface area contributed by atoms with Crippen LogP contribution in [0.5, 0.6) is 11.5 Å². The van der Waals surface area contributed by atoms with Crippen molar-refractivity contribution in [2.75, 3.05) is 0 Å². The molecule has 0 radical (unpaired) electrons. The van der Waals surface area contributed by atoms with Gasteiger partial charge in [0.2, 0.25) is 0 Å². The molecule has 0 spiro atoms. The number of ether oxygens (including phenoxy) is 2. The number of nitrogens with one attached hydrogen (secondary N) is 2. The fraction of sp³-hybridized carbons (Fsp3) is 0.118. The first-order valence-electron chi connectivity index (χ1n) is 13.1. The normalized spacial score (nSPS) is 11.2. The van der Waals surface area contributed by atoms with Crippen LogP contribution in [0.2, 0.25) is 0 Å². The first kappa shape index (κ1) is 25.2. The second kappa shape index (κ2) is 9.89. The van der Waals surface area contributed by atoms with Crippen molar-refractivity contribution in [3.05, 3.63) is 119 Å². The summed E-state index contributed by atoms with van der Waals surface area (Å²) in [6.07, 6.45) is 3.58. The lowest BCUT2D eigenvalue weighted by Gasteiger charge is -2.19. The number of aryl methyl sites for hydroxylation is 4. The van der Waals surface area contributed by atoms with Crippen molar-refractivity contribution in [2.24, 2.45) is 0 Å². The van der Waals surface area contributed by atoms with Gasteiger partial charge in [-0.3, -0.25) is 0 Å². The molecule has 6 rings (SSSR count). The fourth-order valence-electron chi connectivity index (χ4n) is 5.43. The van der Waals surface area contributed by atoms with E-state index in [1.165, 1.54) is 0 Å². The van der Waals surface area contributed by atoms with Gasteiger partial charge in [-0.2, -0.15) is 0 Å². The number of carbonyl (C=O) groups is 2. The molecule has 0 bridgehead atoms. The molecule has 198 valence electrons. The van der Waals surface area contributed by atoms with Gasteiger partial charge in [0.15, 0.2) is 0 Å². The van der Waals surface area contributed by atoms with Gasteiger partial charge in [-0.1, -0.05) is 60.7 Å². The van der Waals surface area contributed by atoms with E-state index in [-0.39, 0.29) is 0 Å². The molecule has 0 saturated carbocycles. The van der Waals surface area contributed by atoms with Crippen LogP contribution in [0.25, 0.3) is 32.7 Å². The van der Waals surface area contributed by atoms with Gasteiger partial charge in [0, 0.05) is 34.9 Å². The topological polar surface area (TPSA) is 84.2 Å². The zero-order chi connectivity index (χ0) is 28.0. The zero-order valence-electron chi connectivity index (χ0n) is 22.7. The van der Waals surface area contributed by atoms with Gasteiger partial charge in [0.25, 0.3) is 0 Å². The molecular formula is C34H28N2O4. The summed E-state index contributed by atoms with van der Waals surface area (Å²) in [6, 6.07) is 23.3. The molecule has 4 aromatic carbocycles. The Bertz CT molecular complexity index is 1760. The number of aromatic nitrogens is 2. The van der Waals surface area contributed by atoms with E-state index in [4.69, 9.17) is 9.47 Å². The van der Waals surface area contributed by atoms with E-state index in [1.807, 2.05) is 88.4 Å². The SMILES string of the molecule is Cc1c[nH]c(C)c1C(=O)Oc1ccc2ccccc2c1-c1c(OC(=O)c2c(C)c[nH]c2C)ccc2ccccc12. The third-order valence-electron chi connectivity index (χ3n) is 7.39. The van der Waals surface area contributed by atoms with Crippen LogP contribution in [-0.4, -0.2) is 21.9 Å². The van der Waals surface area contributed by atoms with E-state index in [2.05, 4.69) is 9.97 Å². The van der Waals surface area contributed by atoms with Crippen molar-refractivity contribution < 1.29 is 19.1 Å². The lowest BCUT2D eigenvalue weighted by molar-refractivity contribution is 0.0722. The molecule has 0 amide bonds. The number of hydrogen-bond donors (Lipinski definition) is 2. The Morgan fingerprint density at radius 3 is 1.32 bits per heavy atom. The summed E-state index contributed by atoms with van der Waals surface area (Å²) >= 11 is 0. The number of esters is 2. The van der Waals surface area contributed by atoms with Gasteiger partial charge in [-0.15, -0.1) is 0 Å². The third kappa shape index (κ3) is 4.24. The Balaban J connectivity index is 1.59. The van der Waals surface area contributed by atoms with E-state index in [1.54, 1.807) is 24.5 Å². The number of aromatic amines is 2. The monoisotopic (exact) mass is 528 g/mol. The summed E-state index contributed by atoms with van der Waals surface area (Å²) in [4.78, 5) is 33.1. The Morgan fingerprint density at radius 1 is 0.550 bits per heavy atom. The van der Waals surface area contributed by atoms with Crippen LogP contribution in [0.15, 0.2) is 85.2 Å². The minimum absolute atomic E-state index is 0.381. The Labute approximate surface area is 231 Å². The summed E-state index contributed by atoms with van der Waals surface area (Å²) in [5.41, 5.74) is 5.45. The molecule has 40 heavy (non-hydrogen) atoms. The van der Waals surface area contributed by atoms with E-state index in [0.717, 1.165) is 44.1 Å².